The van der Waals surface area contributed by atoms with Gasteiger partial charge in [-0.1, -0.05) is 0 Å². The maximum absolute atomic E-state index is 11.3. The predicted octanol–water partition coefficient (Wildman–Crippen LogP) is 0.701. The molecule has 0 aromatic rings. The Bertz CT molecular complexity index is 262. The summed E-state index contributed by atoms with van der Waals surface area (Å²) in [7, 11) is 0. The van der Waals surface area contributed by atoms with E-state index in [9.17, 15) is 4.79 Å². The van der Waals surface area contributed by atoms with Gasteiger partial charge in [0.05, 0.1) is 18.7 Å². The van der Waals surface area contributed by atoms with Crippen molar-refractivity contribution in [2.24, 2.45) is 23.7 Å². The molecular weight excluding hydrogens is 154 g/mol. The van der Waals surface area contributed by atoms with Crippen molar-refractivity contribution >= 4 is 6.09 Å². The zero-order chi connectivity index (χ0) is 8.03. The summed E-state index contributed by atoms with van der Waals surface area (Å²) in [4.78, 5) is 13.3. The molecule has 5 aliphatic rings. The Morgan fingerprint density at radius 3 is 2.33 bits per heavy atom. The first kappa shape index (κ1) is 5.84. The summed E-state index contributed by atoms with van der Waals surface area (Å²) in [5.41, 5.74) is 0. The van der Waals surface area contributed by atoms with Crippen LogP contribution in [0.4, 0.5) is 4.79 Å². The molecule has 0 spiro atoms. The van der Waals surface area contributed by atoms with E-state index in [-0.39, 0.29) is 6.09 Å². The number of carbonyl (C=O) groups is 1. The average Bonchev–Trinajstić information content (AvgIpc) is 2.92. The summed E-state index contributed by atoms with van der Waals surface area (Å²) in [6.45, 7) is 2.38. The molecule has 0 aromatic heterocycles. The van der Waals surface area contributed by atoms with Crippen molar-refractivity contribution in [1.82, 2.24) is 4.90 Å². The Balaban J connectivity index is 1.51. The van der Waals surface area contributed by atoms with Crippen LogP contribution in [0.5, 0.6) is 0 Å². The van der Waals surface area contributed by atoms with E-state index in [4.69, 9.17) is 4.74 Å². The minimum Gasteiger partial charge on any atom is -0.450 e. The normalized spacial score (nSPS) is 60.6. The van der Waals surface area contributed by atoms with E-state index in [0.717, 1.165) is 23.7 Å². The van der Waals surface area contributed by atoms with Crippen molar-refractivity contribution < 1.29 is 9.53 Å². The Labute approximate surface area is 70.7 Å². The number of hydrogen-bond acceptors (Lipinski definition) is 2. The van der Waals surface area contributed by atoms with Crippen molar-refractivity contribution in [3.8, 4) is 0 Å². The molecule has 4 saturated carbocycles. The largest absolute Gasteiger partial charge is 0.450 e. The zero-order valence-corrected chi connectivity index (χ0v) is 6.93. The standard InChI is InChI=1S/C9H11NO2/c1-2-12-9(11)10-7-5-3-4(5)6(3)8(7)10/h3-8H,2H2,1H3/t3?,4?,5?,6?,7-,8+,10?. The Morgan fingerprint density at radius 1 is 1.25 bits per heavy atom. The van der Waals surface area contributed by atoms with E-state index in [0.29, 0.717) is 18.7 Å². The molecule has 3 nitrogen and oxygen atoms in total. The molecular formula is C9H11NO2. The van der Waals surface area contributed by atoms with Crippen LogP contribution in [0.15, 0.2) is 0 Å². The third kappa shape index (κ3) is 0.391. The Kier molecular flexibility index (Phi) is 0.672. The van der Waals surface area contributed by atoms with E-state index in [1.165, 1.54) is 0 Å². The van der Waals surface area contributed by atoms with Crippen molar-refractivity contribution in [3.63, 3.8) is 0 Å². The number of ether oxygens (including phenoxy) is 1. The van der Waals surface area contributed by atoms with E-state index in [2.05, 4.69) is 0 Å². The Morgan fingerprint density at radius 2 is 1.83 bits per heavy atom. The van der Waals surface area contributed by atoms with Crippen LogP contribution >= 0.6 is 0 Å². The van der Waals surface area contributed by atoms with Gasteiger partial charge in [-0.3, -0.25) is 4.90 Å². The fraction of sp³-hybridized carbons (Fsp3) is 0.889. The molecule has 0 radical (unpaired) electrons. The van der Waals surface area contributed by atoms with Gasteiger partial charge in [0.25, 0.3) is 0 Å². The van der Waals surface area contributed by atoms with Crippen molar-refractivity contribution in [3.05, 3.63) is 0 Å². The van der Waals surface area contributed by atoms with Crippen LogP contribution in [0.3, 0.4) is 0 Å². The Hall–Kier alpha value is -0.730. The van der Waals surface area contributed by atoms with E-state index >= 15 is 0 Å². The lowest BCUT2D eigenvalue weighted by molar-refractivity contribution is 0.125. The second-order valence-corrected chi connectivity index (χ2v) is 4.40. The molecule has 5 fully saturated rings. The molecule has 0 aromatic carbocycles. The second kappa shape index (κ2) is 1.38. The van der Waals surface area contributed by atoms with Gasteiger partial charge in [0.1, 0.15) is 0 Å². The molecule has 0 N–H and O–H groups in total. The van der Waals surface area contributed by atoms with Crippen LogP contribution in [0.25, 0.3) is 0 Å². The van der Waals surface area contributed by atoms with E-state index in [1.807, 2.05) is 11.8 Å². The molecule has 3 heteroatoms. The summed E-state index contributed by atoms with van der Waals surface area (Å²) < 4.78 is 4.97. The molecule has 1 aliphatic heterocycles. The van der Waals surface area contributed by atoms with E-state index in [1.54, 1.807) is 0 Å². The van der Waals surface area contributed by atoms with Gasteiger partial charge in [-0.25, -0.2) is 4.79 Å². The van der Waals surface area contributed by atoms with E-state index < -0.39 is 0 Å². The number of hydrogen-bond donors (Lipinski definition) is 0. The third-order valence-electron chi connectivity index (χ3n) is 4.11. The molecule has 64 valence electrons. The minimum absolute atomic E-state index is 0.0682. The topological polar surface area (TPSA) is 29.3 Å². The third-order valence-corrected chi connectivity index (χ3v) is 4.11. The van der Waals surface area contributed by atoms with Crippen molar-refractivity contribution in [2.45, 2.75) is 19.0 Å². The van der Waals surface area contributed by atoms with Gasteiger partial charge in [-0.2, -0.15) is 0 Å². The molecule has 2 bridgehead atoms. The minimum atomic E-state index is -0.0682. The number of carbonyl (C=O) groups excluding carboxylic acids is 1. The van der Waals surface area contributed by atoms with Crippen LogP contribution < -0.4 is 0 Å². The highest BCUT2D eigenvalue weighted by molar-refractivity contribution is 5.75. The lowest BCUT2D eigenvalue weighted by Gasteiger charge is -2.10. The molecule has 4 aliphatic carbocycles. The lowest BCUT2D eigenvalue weighted by Crippen LogP contribution is -2.22. The van der Waals surface area contributed by atoms with Crippen LogP contribution in [0.2, 0.25) is 0 Å². The maximum Gasteiger partial charge on any atom is 0.410 e. The second-order valence-electron chi connectivity index (χ2n) is 4.40. The average molecular weight is 165 g/mol. The fourth-order valence-corrected chi connectivity index (χ4v) is 3.58. The van der Waals surface area contributed by atoms with Crippen LogP contribution in [0, 0.1) is 23.7 Å². The van der Waals surface area contributed by atoms with Crippen LogP contribution in [0.1, 0.15) is 6.92 Å². The first-order valence-electron chi connectivity index (χ1n) is 4.81. The number of piperidine rings is 2. The highest BCUT2D eigenvalue weighted by Gasteiger charge is 2.93. The van der Waals surface area contributed by atoms with Gasteiger partial charge in [0, 0.05) is 0 Å². The molecule has 1 amide bonds. The number of rotatable bonds is 1. The summed E-state index contributed by atoms with van der Waals surface area (Å²) in [5.74, 6) is 3.91. The van der Waals surface area contributed by atoms with Crippen LogP contribution in [-0.4, -0.2) is 29.7 Å². The van der Waals surface area contributed by atoms with Crippen molar-refractivity contribution in [1.29, 1.82) is 0 Å². The fourth-order valence-electron chi connectivity index (χ4n) is 3.58. The monoisotopic (exact) mass is 165 g/mol. The summed E-state index contributed by atoms with van der Waals surface area (Å²) in [5, 5.41) is 0. The van der Waals surface area contributed by atoms with Gasteiger partial charge in [0.15, 0.2) is 0 Å². The summed E-state index contributed by atoms with van der Waals surface area (Å²) in [6.07, 6.45) is -0.0682. The van der Waals surface area contributed by atoms with Crippen LogP contribution in [-0.2, 0) is 4.74 Å². The van der Waals surface area contributed by atoms with Gasteiger partial charge < -0.3 is 4.74 Å². The molecule has 1 saturated heterocycles. The van der Waals surface area contributed by atoms with Gasteiger partial charge in [-0.05, 0) is 30.6 Å². The summed E-state index contributed by atoms with van der Waals surface area (Å²) in [6, 6.07) is 1.23. The van der Waals surface area contributed by atoms with Gasteiger partial charge >= 0.3 is 6.09 Å². The summed E-state index contributed by atoms with van der Waals surface area (Å²) >= 11 is 0. The highest BCUT2D eigenvalue weighted by Crippen LogP contribution is 2.88. The highest BCUT2D eigenvalue weighted by atomic mass is 16.6. The molecule has 4 atom stereocenters. The first-order valence-corrected chi connectivity index (χ1v) is 4.81. The maximum atomic E-state index is 11.3. The molecule has 2 unspecified atom stereocenters. The van der Waals surface area contributed by atoms with Gasteiger partial charge in [-0.15, -0.1) is 0 Å². The molecule has 1 heterocycles. The number of likely N-dealkylation sites (tertiary alicyclic amines) is 1. The lowest BCUT2D eigenvalue weighted by atomic mass is 10.2. The quantitative estimate of drug-likeness (QED) is 0.535. The number of nitrogens with zero attached hydrogens (tertiary/aromatic N) is 1. The van der Waals surface area contributed by atoms with Crippen molar-refractivity contribution in [2.75, 3.05) is 6.61 Å². The first-order chi connectivity index (χ1) is 5.86. The molecule has 5 rings (SSSR count). The zero-order valence-electron chi connectivity index (χ0n) is 6.93. The predicted molar refractivity (Wildman–Crippen MR) is 40.4 cm³/mol. The SMILES string of the molecule is CCOC(=O)N1[C@@H]2C3C4C3C4[C@@H]21. The smallest absolute Gasteiger partial charge is 0.410 e. The number of amides is 1. The van der Waals surface area contributed by atoms with Gasteiger partial charge in [0.2, 0.25) is 0 Å². The molecule has 12 heavy (non-hydrogen) atoms.